The molecule has 1 aromatic carbocycles. The fourth-order valence-electron chi connectivity index (χ4n) is 2.66. The number of carbonyl (C=O) groups excluding carboxylic acids is 1. The van der Waals surface area contributed by atoms with Crippen molar-refractivity contribution in [2.45, 2.75) is 0 Å². The van der Waals surface area contributed by atoms with Crippen molar-refractivity contribution >= 4 is 11.6 Å². The first-order valence-corrected chi connectivity index (χ1v) is 7.43. The second-order valence-corrected chi connectivity index (χ2v) is 5.45. The summed E-state index contributed by atoms with van der Waals surface area (Å²) in [5.41, 5.74) is 0.800. The van der Waals surface area contributed by atoms with Crippen LogP contribution in [0.3, 0.4) is 0 Å². The number of rotatable bonds is 2. The van der Waals surface area contributed by atoms with Gasteiger partial charge in [0.1, 0.15) is 11.4 Å². The number of phenols is 1. The average Bonchev–Trinajstić information content (AvgIpc) is 2.57. The van der Waals surface area contributed by atoms with Crippen molar-refractivity contribution in [1.29, 1.82) is 0 Å². The zero-order chi connectivity index (χ0) is 16.4. The van der Waals surface area contributed by atoms with Crippen molar-refractivity contribution in [3.63, 3.8) is 0 Å². The maximum Gasteiger partial charge on any atom is 0.274 e. The maximum atomic E-state index is 12.5. The number of hydrogen-bond acceptors (Lipinski definition) is 5. The number of para-hydroxylation sites is 2. The highest BCUT2D eigenvalue weighted by molar-refractivity contribution is 5.92. The summed E-state index contributed by atoms with van der Waals surface area (Å²) in [5, 5.41) is 13.9. The van der Waals surface area contributed by atoms with Gasteiger partial charge in [-0.25, -0.2) is 4.68 Å². The van der Waals surface area contributed by atoms with Gasteiger partial charge in [-0.2, -0.15) is 5.10 Å². The van der Waals surface area contributed by atoms with Crippen LogP contribution in [0.15, 0.2) is 41.2 Å². The normalized spacial score (nSPS) is 14.8. The Kier molecular flexibility index (Phi) is 4.01. The number of nitrogens with zero attached hydrogens (tertiary/aromatic N) is 4. The molecule has 1 aromatic heterocycles. The number of carbonyl (C=O) groups is 1. The van der Waals surface area contributed by atoms with E-state index in [1.165, 1.54) is 19.2 Å². The fourth-order valence-corrected chi connectivity index (χ4v) is 2.66. The lowest BCUT2D eigenvalue weighted by Crippen LogP contribution is -2.49. The van der Waals surface area contributed by atoms with E-state index in [1.54, 1.807) is 17.0 Å². The second-order valence-electron chi connectivity index (χ2n) is 5.45. The zero-order valence-electron chi connectivity index (χ0n) is 12.8. The largest absolute Gasteiger partial charge is 0.506 e. The molecule has 0 spiro atoms. The predicted molar refractivity (Wildman–Crippen MR) is 85.7 cm³/mol. The molecule has 3 rings (SSSR count). The van der Waals surface area contributed by atoms with Crippen LogP contribution in [0.1, 0.15) is 10.5 Å². The summed E-state index contributed by atoms with van der Waals surface area (Å²) >= 11 is 0. The molecule has 0 radical (unpaired) electrons. The van der Waals surface area contributed by atoms with E-state index in [0.717, 1.165) is 10.4 Å². The van der Waals surface area contributed by atoms with Crippen LogP contribution in [0, 0.1) is 0 Å². The third-order valence-corrected chi connectivity index (χ3v) is 3.97. The third kappa shape index (κ3) is 3.03. The van der Waals surface area contributed by atoms with Crippen LogP contribution in [-0.2, 0) is 7.05 Å². The molecular formula is C16H18N4O3. The maximum absolute atomic E-state index is 12.5. The molecule has 0 unspecified atom stereocenters. The number of aromatic nitrogens is 2. The van der Waals surface area contributed by atoms with Gasteiger partial charge in [-0.3, -0.25) is 9.59 Å². The van der Waals surface area contributed by atoms with Gasteiger partial charge in [0.2, 0.25) is 0 Å². The Morgan fingerprint density at radius 3 is 2.43 bits per heavy atom. The van der Waals surface area contributed by atoms with Crippen LogP contribution >= 0.6 is 0 Å². The SMILES string of the molecule is Cn1nc(C(=O)N2CCN(c3ccccc3O)CC2)ccc1=O. The minimum Gasteiger partial charge on any atom is -0.506 e. The summed E-state index contributed by atoms with van der Waals surface area (Å²) in [4.78, 5) is 27.6. The van der Waals surface area contributed by atoms with E-state index in [2.05, 4.69) is 5.10 Å². The monoisotopic (exact) mass is 314 g/mol. The molecule has 2 heterocycles. The van der Waals surface area contributed by atoms with E-state index >= 15 is 0 Å². The Hall–Kier alpha value is -2.83. The first-order chi connectivity index (χ1) is 11.1. The Labute approximate surface area is 133 Å². The summed E-state index contributed by atoms with van der Waals surface area (Å²) in [6, 6.07) is 9.98. The van der Waals surface area contributed by atoms with Crippen LogP contribution in [-0.4, -0.2) is 51.9 Å². The lowest BCUT2D eigenvalue weighted by molar-refractivity contribution is 0.0738. The number of aryl methyl sites for hydroxylation is 1. The molecule has 7 heteroatoms. The van der Waals surface area contributed by atoms with Crippen LogP contribution in [0.4, 0.5) is 5.69 Å². The van der Waals surface area contributed by atoms with Crippen molar-refractivity contribution in [3.8, 4) is 5.75 Å². The number of amides is 1. The predicted octanol–water partition coefficient (Wildman–Crippen LogP) is 0.448. The molecule has 1 aliphatic heterocycles. The molecule has 0 atom stereocenters. The molecule has 0 aliphatic carbocycles. The van der Waals surface area contributed by atoms with Crippen molar-refractivity contribution in [3.05, 3.63) is 52.4 Å². The average molecular weight is 314 g/mol. The second kappa shape index (κ2) is 6.12. The fraction of sp³-hybridized carbons (Fsp3) is 0.312. The number of aromatic hydroxyl groups is 1. The molecule has 120 valence electrons. The zero-order valence-corrected chi connectivity index (χ0v) is 12.8. The van der Waals surface area contributed by atoms with E-state index in [9.17, 15) is 14.7 Å². The Bertz CT molecular complexity index is 779. The molecule has 0 bridgehead atoms. The lowest BCUT2D eigenvalue weighted by Gasteiger charge is -2.36. The molecule has 1 saturated heterocycles. The quantitative estimate of drug-likeness (QED) is 0.870. The van der Waals surface area contributed by atoms with Gasteiger partial charge >= 0.3 is 0 Å². The molecular weight excluding hydrogens is 296 g/mol. The molecule has 2 aromatic rings. The standard InChI is InChI=1S/C16H18N4O3/c1-18-15(22)7-6-12(17-18)16(23)20-10-8-19(9-11-20)13-4-2-3-5-14(13)21/h2-7,21H,8-11H2,1H3. The lowest BCUT2D eigenvalue weighted by atomic mass is 10.2. The summed E-state index contributed by atoms with van der Waals surface area (Å²) in [7, 11) is 1.52. The number of benzene rings is 1. The summed E-state index contributed by atoms with van der Waals surface area (Å²) in [6.07, 6.45) is 0. The minimum absolute atomic E-state index is 0.183. The van der Waals surface area contributed by atoms with Crippen molar-refractivity contribution < 1.29 is 9.90 Å². The number of hydrogen-bond donors (Lipinski definition) is 1. The van der Waals surface area contributed by atoms with Gasteiger partial charge in [0, 0.05) is 39.3 Å². The molecule has 1 N–H and O–H groups in total. The van der Waals surface area contributed by atoms with Crippen LogP contribution < -0.4 is 10.5 Å². The van der Waals surface area contributed by atoms with Gasteiger partial charge in [-0.05, 0) is 18.2 Å². The summed E-state index contributed by atoms with van der Waals surface area (Å²) < 4.78 is 1.16. The van der Waals surface area contributed by atoms with Crippen LogP contribution in [0.25, 0.3) is 0 Å². The Balaban J connectivity index is 1.69. The van der Waals surface area contributed by atoms with E-state index in [0.29, 0.717) is 26.2 Å². The Morgan fingerprint density at radius 1 is 1.09 bits per heavy atom. The summed E-state index contributed by atoms with van der Waals surface area (Å²) in [6.45, 7) is 2.35. The first kappa shape index (κ1) is 15.1. The van der Waals surface area contributed by atoms with E-state index in [1.807, 2.05) is 17.0 Å². The first-order valence-electron chi connectivity index (χ1n) is 7.43. The smallest absolute Gasteiger partial charge is 0.274 e. The van der Waals surface area contributed by atoms with Gasteiger partial charge in [-0.15, -0.1) is 0 Å². The van der Waals surface area contributed by atoms with E-state index < -0.39 is 0 Å². The molecule has 7 nitrogen and oxygen atoms in total. The van der Waals surface area contributed by atoms with Crippen LogP contribution in [0.2, 0.25) is 0 Å². The van der Waals surface area contributed by atoms with Crippen molar-refractivity contribution in [1.82, 2.24) is 14.7 Å². The van der Waals surface area contributed by atoms with Crippen molar-refractivity contribution in [2.24, 2.45) is 7.05 Å². The van der Waals surface area contributed by atoms with Crippen LogP contribution in [0.5, 0.6) is 5.75 Å². The molecule has 1 aliphatic rings. The highest BCUT2D eigenvalue weighted by atomic mass is 16.3. The molecule has 0 saturated carbocycles. The van der Waals surface area contributed by atoms with Gasteiger partial charge in [-0.1, -0.05) is 12.1 Å². The molecule has 23 heavy (non-hydrogen) atoms. The Morgan fingerprint density at radius 2 is 1.78 bits per heavy atom. The topological polar surface area (TPSA) is 78.7 Å². The van der Waals surface area contributed by atoms with Gasteiger partial charge < -0.3 is 14.9 Å². The number of piperazine rings is 1. The minimum atomic E-state index is -0.245. The number of phenolic OH excluding ortho intramolecular Hbond substituents is 1. The highest BCUT2D eigenvalue weighted by Crippen LogP contribution is 2.27. The number of anilines is 1. The van der Waals surface area contributed by atoms with Gasteiger partial charge in [0.15, 0.2) is 0 Å². The third-order valence-electron chi connectivity index (χ3n) is 3.97. The molecule has 1 fully saturated rings. The van der Waals surface area contributed by atoms with Gasteiger partial charge in [0.25, 0.3) is 11.5 Å². The van der Waals surface area contributed by atoms with Crippen molar-refractivity contribution in [2.75, 3.05) is 31.1 Å². The molecule has 1 amide bonds. The highest BCUT2D eigenvalue weighted by Gasteiger charge is 2.24. The summed E-state index contributed by atoms with van der Waals surface area (Å²) in [5.74, 6) is 0.0598. The van der Waals surface area contributed by atoms with E-state index in [-0.39, 0.29) is 22.9 Å². The van der Waals surface area contributed by atoms with Gasteiger partial charge in [0.05, 0.1) is 5.69 Å². The van der Waals surface area contributed by atoms with E-state index in [4.69, 9.17) is 0 Å².